The van der Waals surface area contributed by atoms with E-state index in [1.807, 2.05) is 0 Å². The van der Waals surface area contributed by atoms with Crippen LogP contribution >= 0.6 is 0 Å². The number of nitrogens with zero attached hydrogens (tertiary/aromatic N) is 2. The molecule has 0 aliphatic heterocycles. The number of hydrogen-bond donors (Lipinski definition) is 0. The fourth-order valence-electron chi connectivity index (χ4n) is 3.90. The minimum Gasteiger partial charge on any atom is -0.251 e. The topological polar surface area (TPSA) is 25.8 Å². The highest BCUT2D eigenvalue weighted by Crippen LogP contribution is 2.35. The van der Waals surface area contributed by atoms with Crippen LogP contribution in [0.5, 0.6) is 0 Å². The Bertz CT molecular complexity index is 896. The van der Waals surface area contributed by atoms with E-state index in [1.54, 1.807) is 0 Å². The number of fused-ring (bicyclic) bond motifs is 5. The van der Waals surface area contributed by atoms with Gasteiger partial charge in [0.1, 0.15) is 0 Å². The summed E-state index contributed by atoms with van der Waals surface area (Å²) in [5.41, 5.74) is 8.89. The van der Waals surface area contributed by atoms with Gasteiger partial charge in [-0.05, 0) is 67.3 Å². The Morgan fingerprint density at radius 2 is 1.45 bits per heavy atom. The molecular formula is C20H18N2. The Balaban J connectivity index is 1.76. The zero-order valence-corrected chi connectivity index (χ0v) is 12.6. The zero-order valence-electron chi connectivity index (χ0n) is 12.6. The summed E-state index contributed by atoms with van der Waals surface area (Å²) in [5, 5.41) is 1.24. The van der Waals surface area contributed by atoms with Gasteiger partial charge in [0.05, 0.1) is 16.9 Å². The van der Waals surface area contributed by atoms with E-state index >= 15 is 0 Å². The lowest BCUT2D eigenvalue weighted by Gasteiger charge is -2.23. The number of pyridine rings is 2. The monoisotopic (exact) mass is 286 g/mol. The summed E-state index contributed by atoms with van der Waals surface area (Å²) < 4.78 is 0. The van der Waals surface area contributed by atoms with Crippen LogP contribution < -0.4 is 0 Å². The third kappa shape index (κ3) is 1.80. The quantitative estimate of drug-likeness (QED) is 0.616. The van der Waals surface area contributed by atoms with Crippen LogP contribution in [-0.4, -0.2) is 9.97 Å². The van der Waals surface area contributed by atoms with Crippen LogP contribution in [0.15, 0.2) is 36.4 Å². The average Bonchev–Trinajstić information content (AvgIpc) is 2.58. The van der Waals surface area contributed by atoms with E-state index in [4.69, 9.17) is 9.97 Å². The fourth-order valence-corrected chi connectivity index (χ4v) is 3.90. The summed E-state index contributed by atoms with van der Waals surface area (Å²) in [7, 11) is 0. The van der Waals surface area contributed by atoms with Crippen LogP contribution in [0.2, 0.25) is 0 Å². The molecule has 0 amide bonds. The third-order valence-corrected chi connectivity index (χ3v) is 5.07. The first-order chi connectivity index (χ1) is 10.9. The number of rotatable bonds is 0. The van der Waals surface area contributed by atoms with E-state index in [9.17, 15) is 0 Å². The maximum atomic E-state index is 5.04. The molecule has 0 N–H and O–H groups in total. The van der Waals surface area contributed by atoms with Gasteiger partial charge in [0.25, 0.3) is 0 Å². The van der Waals surface area contributed by atoms with Gasteiger partial charge < -0.3 is 0 Å². The first-order valence-electron chi connectivity index (χ1n) is 8.29. The molecule has 22 heavy (non-hydrogen) atoms. The first kappa shape index (κ1) is 12.3. The minimum atomic E-state index is 1.08. The van der Waals surface area contributed by atoms with Crippen molar-refractivity contribution in [2.24, 2.45) is 0 Å². The van der Waals surface area contributed by atoms with Crippen molar-refractivity contribution < 1.29 is 0 Å². The normalized spacial score (nSPS) is 16.0. The van der Waals surface area contributed by atoms with Crippen LogP contribution in [0, 0.1) is 0 Å². The molecule has 2 heterocycles. The van der Waals surface area contributed by atoms with Crippen molar-refractivity contribution in [3.05, 3.63) is 58.8 Å². The Labute approximate surface area is 130 Å². The third-order valence-electron chi connectivity index (χ3n) is 5.07. The lowest BCUT2D eigenvalue weighted by molar-refractivity contribution is 0.665. The highest BCUT2D eigenvalue weighted by Gasteiger charge is 2.22. The second-order valence-corrected chi connectivity index (χ2v) is 6.50. The zero-order chi connectivity index (χ0) is 14.5. The highest BCUT2D eigenvalue weighted by atomic mass is 14.8. The van der Waals surface area contributed by atoms with Crippen molar-refractivity contribution in [2.45, 2.75) is 38.5 Å². The summed E-state index contributed by atoms with van der Waals surface area (Å²) in [4.78, 5) is 9.98. The van der Waals surface area contributed by atoms with Gasteiger partial charge in [-0.1, -0.05) is 24.3 Å². The molecule has 1 aromatic carbocycles. The van der Waals surface area contributed by atoms with Crippen LogP contribution in [0.1, 0.15) is 35.2 Å². The van der Waals surface area contributed by atoms with Gasteiger partial charge in [0.15, 0.2) is 0 Å². The molecule has 0 atom stereocenters. The Morgan fingerprint density at radius 1 is 0.682 bits per heavy atom. The van der Waals surface area contributed by atoms with Crippen molar-refractivity contribution in [3.8, 4) is 11.4 Å². The standard InChI is InChI=1S/C20H18N2/c1-3-7-17-13(5-1)11-15-9-10-16-12-14-6-2-4-8-18(14)22-20(16)19(15)21-17/h1,3,5,7,11-12H,2,4,6,8-10H2. The molecule has 0 bridgehead atoms. The molecule has 0 fully saturated rings. The van der Waals surface area contributed by atoms with Gasteiger partial charge in [-0.15, -0.1) is 0 Å². The van der Waals surface area contributed by atoms with E-state index in [1.165, 1.54) is 47.0 Å². The van der Waals surface area contributed by atoms with Gasteiger partial charge in [-0.25, -0.2) is 4.98 Å². The van der Waals surface area contributed by atoms with Crippen molar-refractivity contribution in [1.82, 2.24) is 9.97 Å². The first-order valence-corrected chi connectivity index (χ1v) is 8.29. The van der Waals surface area contributed by atoms with E-state index in [2.05, 4.69) is 36.4 Å². The predicted molar refractivity (Wildman–Crippen MR) is 89.0 cm³/mol. The summed E-state index contributed by atoms with van der Waals surface area (Å²) in [6.07, 6.45) is 7.10. The molecular weight excluding hydrogens is 268 g/mol. The van der Waals surface area contributed by atoms with Gasteiger partial charge in [-0.3, -0.25) is 4.98 Å². The second-order valence-electron chi connectivity index (χ2n) is 6.50. The predicted octanol–water partition coefficient (Wildman–Crippen LogP) is 4.27. The van der Waals surface area contributed by atoms with E-state index in [0.717, 1.165) is 36.2 Å². The van der Waals surface area contributed by atoms with Gasteiger partial charge in [0, 0.05) is 11.1 Å². The molecule has 2 nitrogen and oxygen atoms in total. The fraction of sp³-hybridized carbons (Fsp3) is 0.300. The van der Waals surface area contributed by atoms with Crippen LogP contribution in [0.3, 0.4) is 0 Å². The number of hydrogen-bond acceptors (Lipinski definition) is 2. The molecule has 2 aliphatic carbocycles. The Morgan fingerprint density at radius 3 is 2.41 bits per heavy atom. The maximum absolute atomic E-state index is 5.04. The van der Waals surface area contributed by atoms with Crippen LogP contribution in [0.25, 0.3) is 22.3 Å². The molecule has 0 saturated carbocycles. The SMILES string of the molecule is c1ccc2nc3c(cc2c1)CCc1cc2c(nc1-3)CCCC2. The number of benzene rings is 1. The summed E-state index contributed by atoms with van der Waals surface area (Å²) in [5.74, 6) is 0. The average molecular weight is 286 g/mol. The lowest BCUT2D eigenvalue weighted by atomic mass is 9.87. The molecule has 2 aromatic heterocycles. The van der Waals surface area contributed by atoms with Crippen molar-refractivity contribution in [3.63, 3.8) is 0 Å². The van der Waals surface area contributed by atoms with Crippen LogP contribution in [-0.2, 0) is 25.7 Å². The molecule has 0 radical (unpaired) electrons. The van der Waals surface area contributed by atoms with Gasteiger partial charge in [-0.2, -0.15) is 0 Å². The molecule has 5 rings (SSSR count). The molecule has 2 aliphatic rings. The van der Waals surface area contributed by atoms with Crippen molar-refractivity contribution >= 4 is 10.9 Å². The van der Waals surface area contributed by atoms with Crippen molar-refractivity contribution in [1.29, 1.82) is 0 Å². The van der Waals surface area contributed by atoms with Gasteiger partial charge >= 0.3 is 0 Å². The highest BCUT2D eigenvalue weighted by molar-refractivity contribution is 5.84. The van der Waals surface area contributed by atoms with Gasteiger partial charge in [0.2, 0.25) is 0 Å². The Hall–Kier alpha value is -2.22. The smallest absolute Gasteiger partial charge is 0.0928 e. The summed E-state index contributed by atoms with van der Waals surface area (Å²) in [6, 6.07) is 13.1. The lowest BCUT2D eigenvalue weighted by Crippen LogP contribution is -2.13. The number of aromatic nitrogens is 2. The van der Waals surface area contributed by atoms with E-state index in [-0.39, 0.29) is 0 Å². The Kier molecular flexibility index (Phi) is 2.60. The van der Waals surface area contributed by atoms with E-state index < -0.39 is 0 Å². The molecule has 0 unspecified atom stereocenters. The molecule has 108 valence electrons. The molecule has 0 saturated heterocycles. The largest absolute Gasteiger partial charge is 0.251 e. The molecule has 0 spiro atoms. The molecule has 2 heteroatoms. The number of aryl methyl sites for hydroxylation is 4. The van der Waals surface area contributed by atoms with E-state index in [0.29, 0.717) is 0 Å². The van der Waals surface area contributed by atoms with Crippen molar-refractivity contribution in [2.75, 3.05) is 0 Å². The maximum Gasteiger partial charge on any atom is 0.0928 e. The summed E-state index contributed by atoms with van der Waals surface area (Å²) in [6.45, 7) is 0. The molecule has 3 aromatic rings. The van der Waals surface area contributed by atoms with Crippen LogP contribution in [0.4, 0.5) is 0 Å². The summed E-state index contributed by atoms with van der Waals surface area (Å²) >= 11 is 0. The number of para-hydroxylation sites is 1. The minimum absolute atomic E-state index is 1.08. The second kappa shape index (κ2) is 4.64.